The minimum atomic E-state index is 0.845. The van der Waals surface area contributed by atoms with Gasteiger partial charge in [-0.05, 0) is 13.0 Å². The number of hydrogen-bond donors (Lipinski definition) is 0. The Labute approximate surface area is 64.1 Å². The first kappa shape index (κ1) is 6.22. The summed E-state index contributed by atoms with van der Waals surface area (Å²) in [6.07, 6.45) is 5.08. The van der Waals surface area contributed by atoms with Crippen molar-refractivity contribution >= 4 is 11.0 Å². The largest absolute Gasteiger partial charge is 0.259 e. The normalized spacial score (nSPS) is 10.3. The highest BCUT2D eigenvalue weighted by Gasteiger charge is 1.93. The summed E-state index contributed by atoms with van der Waals surface area (Å²) in [6.45, 7) is 1.94. The fraction of sp³-hybridized carbons (Fsp3) is 0.125. The van der Waals surface area contributed by atoms with Gasteiger partial charge in [0.2, 0.25) is 0 Å². The van der Waals surface area contributed by atoms with Gasteiger partial charge in [-0.1, -0.05) is 0 Å². The summed E-state index contributed by atoms with van der Waals surface area (Å²) in [7, 11) is 0. The molecule has 3 nitrogen and oxygen atoms in total. The van der Waals surface area contributed by atoms with E-state index in [1.807, 2.05) is 13.0 Å². The maximum absolute atomic E-state index is 4.14. The molecule has 0 spiro atoms. The van der Waals surface area contributed by atoms with E-state index in [0.717, 1.165) is 16.7 Å². The highest BCUT2D eigenvalue weighted by molar-refractivity contribution is 5.72. The van der Waals surface area contributed by atoms with Gasteiger partial charge >= 0.3 is 0 Å². The Morgan fingerprint density at radius 2 is 1.73 bits per heavy atom. The van der Waals surface area contributed by atoms with E-state index >= 15 is 0 Å². The monoisotopic (exact) mass is 145 g/mol. The lowest BCUT2D eigenvalue weighted by Crippen LogP contribution is -1.85. The van der Waals surface area contributed by atoms with Crippen molar-refractivity contribution in [2.45, 2.75) is 6.92 Å². The maximum atomic E-state index is 4.14. The fourth-order valence-corrected chi connectivity index (χ4v) is 0.968. The Balaban J connectivity index is 2.83. The zero-order valence-corrected chi connectivity index (χ0v) is 6.15. The summed E-state index contributed by atoms with van der Waals surface area (Å²) < 4.78 is 0. The predicted octanol–water partition coefficient (Wildman–Crippen LogP) is 1.33. The minimum absolute atomic E-state index is 0.845. The number of fused-ring (bicyclic) bond motifs is 1. The number of nitrogens with zero attached hydrogens (tertiary/aromatic N) is 3. The quantitative estimate of drug-likeness (QED) is 0.561. The third kappa shape index (κ3) is 1.05. The molecule has 2 aromatic rings. The van der Waals surface area contributed by atoms with Crippen molar-refractivity contribution in [1.82, 2.24) is 15.0 Å². The average molecular weight is 145 g/mol. The molecule has 0 radical (unpaired) electrons. The molecule has 54 valence electrons. The van der Waals surface area contributed by atoms with E-state index in [4.69, 9.17) is 0 Å². The molecule has 0 amide bonds. The van der Waals surface area contributed by atoms with Crippen LogP contribution in [-0.4, -0.2) is 15.0 Å². The summed E-state index contributed by atoms with van der Waals surface area (Å²) in [5.41, 5.74) is 2.72. The van der Waals surface area contributed by atoms with Gasteiger partial charge < -0.3 is 0 Å². The molecule has 0 saturated heterocycles. The van der Waals surface area contributed by atoms with Crippen molar-refractivity contribution < 1.29 is 0 Å². The molecule has 0 aliphatic heterocycles. The van der Waals surface area contributed by atoms with Crippen molar-refractivity contribution in [2.24, 2.45) is 0 Å². The second-order valence-corrected chi connectivity index (χ2v) is 2.37. The number of aromatic nitrogens is 3. The molecule has 0 aliphatic carbocycles. The number of aryl methyl sites for hydroxylation is 1. The van der Waals surface area contributed by atoms with Gasteiger partial charge in [-0.25, -0.2) is 0 Å². The SMILES string of the molecule is Cc1cc2nccnc2cn1. The molecule has 0 N–H and O–H groups in total. The van der Waals surface area contributed by atoms with Crippen molar-refractivity contribution in [2.75, 3.05) is 0 Å². The molecular formula is C8H7N3. The molecule has 2 rings (SSSR count). The standard InChI is InChI=1S/C8H7N3/c1-6-4-7-8(5-11-6)10-3-2-9-7/h2-5H,1H3. The molecule has 0 bridgehead atoms. The van der Waals surface area contributed by atoms with E-state index in [9.17, 15) is 0 Å². The van der Waals surface area contributed by atoms with Gasteiger partial charge in [0.25, 0.3) is 0 Å². The lowest BCUT2D eigenvalue weighted by Gasteiger charge is -1.94. The van der Waals surface area contributed by atoms with Crippen LogP contribution in [-0.2, 0) is 0 Å². The first-order valence-electron chi connectivity index (χ1n) is 3.39. The van der Waals surface area contributed by atoms with Crippen molar-refractivity contribution in [1.29, 1.82) is 0 Å². The van der Waals surface area contributed by atoms with E-state index in [-0.39, 0.29) is 0 Å². The van der Waals surface area contributed by atoms with Gasteiger partial charge in [0.15, 0.2) is 0 Å². The zero-order chi connectivity index (χ0) is 7.68. The highest BCUT2D eigenvalue weighted by atomic mass is 14.8. The third-order valence-electron chi connectivity index (χ3n) is 1.49. The van der Waals surface area contributed by atoms with Gasteiger partial charge in [-0.3, -0.25) is 15.0 Å². The van der Waals surface area contributed by atoms with Crippen LogP contribution in [0.3, 0.4) is 0 Å². The molecule has 0 aromatic carbocycles. The van der Waals surface area contributed by atoms with Crippen LogP contribution in [0.5, 0.6) is 0 Å². The summed E-state index contributed by atoms with van der Waals surface area (Å²) in [4.78, 5) is 12.3. The van der Waals surface area contributed by atoms with Crippen LogP contribution in [0, 0.1) is 6.92 Å². The van der Waals surface area contributed by atoms with E-state index < -0.39 is 0 Å². The van der Waals surface area contributed by atoms with Crippen molar-refractivity contribution in [3.05, 3.63) is 30.4 Å². The molecule has 0 saturated carbocycles. The molecule has 0 atom stereocenters. The summed E-state index contributed by atoms with van der Waals surface area (Å²) in [5.74, 6) is 0. The van der Waals surface area contributed by atoms with Crippen molar-refractivity contribution in [3.63, 3.8) is 0 Å². The highest BCUT2D eigenvalue weighted by Crippen LogP contribution is 2.05. The molecule has 3 heteroatoms. The lowest BCUT2D eigenvalue weighted by atomic mass is 10.3. The van der Waals surface area contributed by atoms with E-state index in [0.29, 0.717) is 0 Å². The van der Waals surface area contributed by atoms with Crippen LogP contribution in [0.1, 0.15) is 5.69 Å². The van der Waals surface area contributed by atoms with Gasteiger partial charge in [0.1, 0.15) is 5.52 Å². The summed E-state index contributed by atoms with van der Waals surface area (Å²) in [5, 5.41) is 0. The first-order valence-corrected chi connectivity index (χ1v) is 3.39. The second kappa shape index (κ2) is 2.27. The zero-order valence-electron chi connectivity index (χ0n) is 6.15. The van der Waals surface area contributed by atoms with Crippen LogP contribution >= 0.6 is 0 Å². The van der Waals surface area contributed by atoms with Crippen molar-refractivity contribution in [3.8, 4) is 0 Å². The van der Waals surface area contributed by atoms with Crippen LogP contribution < -0.4 is 0 Å². The number of hydrogen-bond acceptors (Lipinski definition) is 3. The van der Waals surface area contributed by atoms with E-state index in [1.54, 1.807) is 18.6 Å². The number of pyridine rings is 1. The third-order valence-corrected chi connectivity index (χ3v) is 1.49. The second-order valence-electron chi connectivity index (χ2n) is 2.37. The molecular weight excluding hydrogens is 138 g/mol. The Kier molecular flexibility index (Phi) is 1.28. The number of rotatable bonds is 0. The summed E-state index contributed by atoms with van der Waals surface area (Å²) in [6, 6.07) is 1.92. The Morgan fingerprint density at radius 3 is 2.55 bits per heavy atom. The van der Waals surface area contributed by atoms with Gasteiger partial charge in [-0.15, -0.1) is 0 Å². The average Bonchev–Trinajstić information content (AvgIpc) is 2.04. The Bertz CT molecular complexity index is 384. The molecule has 2 heterocycles. The van der Waals surface area contributed by atoms with Crippen LogP contribution in [0.25, 0.3) is 11.0 Å². The molecule has 0 fully saturated rings. The smallest absolute Gasteiger partial charge is 0.107 e. The van der Waals surface area contributed by atoms with Gasteiger partial charge in [-0.2, -0.15) is 0 Å². The Morgan fingerprint density at radius 1 is 1.00 bits per heavy atom. The molecule has 0 unspecified atom stereocenters. The van der Waals surface area contributed by atoms with E-state index in [1.165, 1.54) is 0 Å². The topological polar surface area (TPSA) is 38.7 Å². The predicted molar refractivity (Wildman–Crippen MR) is 42.1 cm³/mol. The van der Waals surface area contributed by atoms with E-state index in [2.05, 4.69) is 15.0 Å². The summed E-state index contributed by atoms with van der Waals surface area (Å²) >= 11 is 0. The van der Waals surface area contributed by atoms with Gasteiger partial charge in [0, 0.05) is 18.1 Å². The molecule has 11 heavy (non-hydrogen) atoms. The first-order chi connectivity index (χ1) is 5.36. The van der Waals surface area contributed by atoms with Gasteiger partial charge in [0.05, 0.1) is 11.7 Å². The van der Waals surface area contributed by atoms with Crippen LogP contribution in [0.4, 0.5) is 0 Å². The van der Waals surface area contributed by atoms with Crippen LogP contribution in [0.15, 0.2) is 24.7 Å². The minimum Gasteiger partial charge on any atom is -0.259 e. The Hall–Kier alpha value is -1.51. The maximum Gasteiger partial charge on any atom is 0.107 e. The lowest BCUT2D eigenvalue weighted by molar-refractivity contribution is 1.18. The molecule has 2 aromatic heterocycles. The van der Waals surface area contributed by atoms with Crippen LogP contribution in [0.2, 0.25) is 0 Å². The molecule has 0 aliphatic rings. The fourth-order valence-electron chi connectivity index (χ4n) is 0.968.